The van der Waals surface area contributed by atoms with Crippen molar-refractivity contribution in [1.82, 2.24) is 0 Å². The highest BCUT2D eigenvalue weighted by Gasteiger charge is 2.55. The molecule has 0 spiro atoms. The van der Waals surface area contributed by atoms with Crippen LogP contribution in [0, 0.1) is 23.2 Å². The van der Waals surface area contributed by atoms with Crippen LogP contribution >= 0.6 is 0 Å². The number of rotatable bonds is 7. The summed E-state index contributed by atoms with van der Waals surface area (Å²) < 4.78 is 10.7. The Morgan fingerprint density at radius 1 is 1.09 bits per heavy atom. The van der Waals surface area contributed by atoms with Gasteiger partial charge < -0.3 is 9.47 Å². The van der Waals surface area contributed by atoms with Gasteiger partial charge in [-0.2, -0.15) is 0 Å². The molecule has 4 fully saturated rings. The van der Waals surface area contributed by atoms with Crippen LogP contribution in [0.3, 0.4) is 0 Å². The van der Waals surface area contributed by atoms with E-state index < -0.39 is 18.2 Å². The molecule has 0 saturated heterocycles. The van der Waals surface area contributed by atoms with E-state index in [0.717, 1.165) is 19.3 Å². The van der Waals surface area contributed by atoms with Crippen LogP contribution in [0.1, 0.15) is 52.4 Å². The highest BCUT2D eigenvalue weighted by molar-refractivity contribution is 5.91. The number of hydrogen-bond donors (Lipinski definition) is 0. The fourth-order valence-electron chi connectivity index (χ4n) is 5.45. The van der Waals surface area contributed by atoms with E-state index in [2.05, 4.69) is 6.58 Å². The molecule has 0 aromatic carbocycles. The van der Waals surface area contributed by atoms with Crippen molar-refractivity contribution in [1.29, 1.82) is 0 Å². The molecule has 0 heterocycles. The highest BCUT2D eigenvalue weighted by atomic mass is 16.6. The van der Waals surface area contributed by atoms with Gasteiger partial charge in [-0.3, -0.25) is 4.79 Å². The molecule has 4 heteroatoms. The normalized spacial score (nSPS) is 37.2. The lowest BCUT2D eigenvalue weighted by Gasteiger charge is -2.56. The van der Waals surface area contributed by atoms with Gasteiger partial charge in [0.05, 0.1) is 6.61 Å². The Balaban J connectivity index is 1.61. The summed E-state index contributed by atoms with van der Waals surface area (Å²) in [6, 6.07) is 0. The van der Waals surface area contributed by atoms with Crippen molar-refractivity contribution in [3.05, 3.63) is 12.7 Å². The minimum atomic E-state index is -0.673. The third-order valence-electron chi connectivity index (χ3n) is 6.02. The molecule has 23 heavy (non-hydrogen) atoms. The van der Waals surface area contributed by atoms with Gasteiger partial charge in [0.25, 0.3) is 0 Å². The molecule has 0 aliphatic heterocycles. The number of esters is 1. The fraction of sp³-hybridized carbons (Fsp3) is 0.789. The van der Waals surface area contributed by atoms with Gasteiger partial charge in [-0.25, -0.2) is 4.79 Å². The second-order valence-corrected chi connectivity index (χ2v) is 7.91. The minimum Gasteiger partial charge on any atom is -0.453 e. The quantitative estimate of drug-likeness (QED) is 0.533. The largest absolute Gasteiger partial charge is 0.453 e. The number of carbonyl (C=O) groups excluding carboxylic acids is 2. The molecule has 2 atom stereocenters. The lowest BCUT2D eigenvalue weighted by molar-refractivity contribution is -0.171. The predicted octanol–water partition coefficient (Wildman–Crippen LogP) is 3.29. The number of Topliss-reactive ketones (excluding diaryl/α,β-unsaturated/α-hetero) is 1. The van der Waals surface area contributed by atoms with Gasteiger partial charge in [-0.15, -0.1) is 6.58 Å². The molecule has 0 aromatic heterocycles. The van der Waals surface area contributed by atoms with Gasteiger partial charge in [0.1, 0.15) is 0 Å². The van der Waals surface area contributed by atoms with Crippen LogP contribution in [0.4, 0.5) is 0 Å². The van der Waals surface area contributed by atoms with Crippen LogP contribution in [0.2, 0.25) is 0 Å². The van der Waals surface area contributed by atoms with E-state index in [1.54, 1.807) is 19.9 Å². The Morgan fingerprint density at radius 3 is 2.09 bits per heavy atom. The Bertz CT molecular complexity index is 460. The first-order chi connectivity index (χ1) is 10.9. The van der Waals surface area contributed by atoms with E-state index in [4.69, 9.17) is 9.47 Å². The minimum absolute atomic E-state index is 0.140. The molecule has 4 saturated carbocycles. The lowest BCUT2D eigenvalue weighted by atomic mass is 9.48. The van der Waals surface area contributed by atoms with Crippen LogP contribution in [-0.2, 0) is 19.1 Å². The average molecular weight is 320 g/mol. The third-order valence-corrected chi connectivity index (χ3v) is 6.02. The van der Waals surface area contributed by atoms with Crippen molar-refractivity contribution in [3.8, 4) is 0 Å². The lowest BCUT2D eigenvalue weighted by Crippen LogP contribution is -2.53. The highest BCUT2D eigenvalue weighted by Crippen LogP contribution is 2.60. The third kappa shape index (κ3) is 3.23. The van der Waals surface area contributed by atoms with Gasteiger partial charge in [0, 0.05) is 5.41 Å². The molecule has 0 amide bonds. The smallest absolute Gasteiger partial charge is 0.335 e. The Morgan fingerprint density at radius 2 is 1.61 bits per heavy atom. The van der Waals surface area contributed by atoms with Crippen molar-refractivity contribution in [2.24, 2.45) is 23.2 Å². The average Bonchev–Trinajstić information content (AvgIpc) is 2.50. The Kier molecular flexibility index (Phi) is 4.63. The first-order valence-electron chi connectivity index (χ1n) is 8.91. The van der Waals surface area contributed by atoms with E-state index >= 15 is 0 Å². The zero-order valence-electron chi connectivity index (χ0n) is 14.3. The van der Waals surface area contributed by atoms with Crippen LogP contribution in [0.25, 0.3) is 0 Å². The van der Waals surface area contributed by atoms with Gasteiger partial charge >= 0.3 is 5.97 Å². The van der Waals surface area contributed by atoms with Crippen molar-refractivity contribution in [2.45, 2.75) is 64.6 Å². The molecular weight excluding hydrogens is 292 g/mol. The summed E-state index contributed by atoms with van der Waals surface area (Å²) in [6.07, 6.45) is 7.15. The van der Waals surface area contributed by atoms with E-state index in [1.807, 2.05) is 0 Å². The van der Waals surface area contributed by atoms with Crippen LogP contribution in [0.5, 0.6) is 0 Å². The van der Waals surface area contributed by atoms with Crippen LogP contribution < -0.4 is 0 Å². The van der Waals surface area contributed by atoms with Gasteiger partial charge in [0.15, 0.2) is 18.0 Å². The second-order valence-electron chi connectivity index (χ2n) is 7.91. The first-order valence-corrected chi connectivity index (χ1v) is 8.91. The predicted molar refractivity (Wildman–Crippen MR) is 86.8 cm³/mol. The Hall–Kier alpha value is -1.16. The maximum absolute atomic E-state index is 13.0. The fourth-order valence-corrected chi connectivity index (χ4v) is 5.45. The van der Waals surface area contributed by atoms with E-state index in [0.29, 0.717) is 24.4 Å². The standard InChI is InChI=1S/C19H28O4/c1-4-5-22-13(3)18(21)23-12(2)17(20)19-9-14-6-15(10-19)8-16(7-14)11-19/h4,12-16H,1,5-11H2,2-3H3. The topological polar surface area (TPSA) is 52.6 Å². The number of carbonyl (C=O) groups is 2. The molecule has 4 aliphatic carbocycles. The summed E-state index contributed by atoms with van der Waals surface area (Å²) in [7, 11) is 0. The zero-order chi connectivity index (χ0) is 16.6. The van der Waals surface area contributed by atoms with Crippen molar-refractivity contribution < 1.29 is 19.1 Å². The van der Waals surface area contributed by atoms with Gasteiger partial charge in [0.2, 0.25) is 0 Å². The summed E-state index contributed by atoms with van der Waals surface area (Å²) >= 11 is 0. The molecule has 0 N–H and O–H groups in total. The summed E-state index contributed by atoms with van der Waals surface area (Å²) in [5.74, 6) is 1.81. The summed E-state index contributed by atoms with van der Waals surface area (Å²) in [5.41, 5.74) is -0.223. The van der Waals surface area contributed by atoms with E-state index in [1.165, 1.54) is 19.3 Å². The number of ether oxygens (including phenoxy) is 2. The Labute approximate surface area is 138 Å². The number of ketones is 1. The SMILES string of the molecule is C=CCOC(C)C(=O)OC(C)C(=O)C12CC3CC(CC(C3)C1)C2. The maximum atomic E-state index is 13.0. The van der Waals surface area contributed by atoms with Crippen molar-refractivity contribution in [2.75, 3.05) is 6.61 Å². The van der Waals surface area contributed by atoms with Crippen LogP contribution in [0.15, 0.2) is 12.7 Å². The molecule has 128 valence electrons. The van der Waals surface area contributed by atoms with Crippen molar-refractivity contribution >= 4 is 11.8 Å². The summed E-state index contributed by atoms with van der Waals surface area (Å²) in [4.78, 5) is 25.1. The number of hydrogen-bond acceptors (Lipinski definition) is 4. The molecule has 4 aliphatic rings. The molecular formula is C19H28O4. The van der Waals surface area contributed by atoms with E-state index in [-0.39, 0.29) is 11.2 Å². The second kappa shape index (κ2) is 6.39. The van der Waals surface area contributed by atoms with E-state index in [9.17, 15) is 9.59 Å². The zero-order valence-corrected chi connectivity index (χ0v) is 14.3. The maximum Gasteiger partial charge on any atom is 0.335 e. The summed E-state index contributed by atoms with van der Waals surface area (Å²) in [6.45, 7) is 7.22. The molecule has 0 radical (unpaired) electrons. The molecule has 2 unspecified atom stereocenters. The first kappa shape index (κ1) is 16.7. The molecule has 0 aromatic rings. The van der Waals surface area contributed by atoms with Crippen LogP contribution in [-0.4, -0.2) is 30.6 Å². The summed E-state index contributed by atoms with van der Waals surface area (Å²) in [5, 5.41) is 0. The molecule has 4 nitrogen and oxygen atoms in total. The molecule has 4 bridgehead atoms. The van der Waals surface area contributed by atoms with Gasteiger partial charge in [-0.1, -0.05) is 6.08 Å². The van der Waals surface area contributed by atoms with Gasteiger partial charge in [-0.05, 0) is 70.1 Å². The molecule has 4 rings (SSSR count). The van der Waals surface area contributed by atoms with Crippen molar-refractivity contribution in [3.63, 3.8) is 0 Å². The monoisotopic (exact) mass is 320 g/mol.